The Morgan fingerprint density at radius 1 is 1.44 bits per heavy atom. The number of rotatable bonds is 8. The summed E-state index contributed by atoms with van der Waals surface area (Å²) in [5.41, 5.74) is 6.39. The van der Waals surface area contributed by atoms with E-state index >= 15 is 0 Å². The van der Waals surface area contributed by atoms with E-state index in [1.54, 1.807) is 0 Å². The lowest BCUT2D eigenvalue weighted by Crippen LogP contribution is -2.16. The van der Waals surface area contributed by atoms with Gasteiger partial charge in [0.15, 0.2) is 0 Å². The van der Waals surface area contributed by atoms with Crippen LogP contribution in [0.4, 0.5) is 0 Å². The molecular weight excluding hydrogens is 226 g/mol. The zero-order valence-electron chi connectivity index (χ0n) is 11.7. The van der Waals surface area contributed by atoms with Crippen LogP contribution in [-0.2, 0) is 11.2 Å². The predicted molar refractivity (Wildman–Crippen MR) is 73.4 cm³/mol. The SMILES string of the molecule is CCC(CC)n1ccc(CC(=O)CC(C)CN)n1. The van der Waals surface area contributed by atoms with Gasteiger partial charge in [-0.15, -0.1) is 0 Å². The molecule has 0 aliphatic rings. The normalized spacial score (nSPS) is 12.9. The summed E-state index contributed by atoms with van der Waals surface area (Å²) >= 11 is 0. The van der Waals surface area contributed by atoms with E-state index in [-0.39, 0.29) is 11.7 Å². The van der Waals surface area contributed by atoms with Crippen molar-refractivity contribution in [3.63, 3.8) is 0 Å². The lowest BCUT2D eigenvalue weighted by Gasteiger charge is -2.12. The van der Waals surface area contributed by atoms with Gasteiger partial charge in [-0.25, -0.2) is 0 Å². The van der Waals surface area contributed by atoms with Crippen LogP contribution in [0.15, 0.2) is 12.3 Å². The second-order valence-corrected chi connectivity index (χ2v) is 5.02. The Morgan fingerprint density at radius 2 is 2.11 bits per heavy atom. The molecule has 0 radical (unpaired) electrons. The summed E-state index contributed by atoms with van der Waals surface area (Å²) < 4.78 is 1.98. The van der Waals surface area contributed by atoms with E-state index in [2.05, 4.69) is 18.9 Å². The first-order valence-electron chi connectivity index (χ1n) is 6.86. The Hall–Kier alpha value is -1.16. The number of hydrogen-bond donors (Lipinski definition) is 1. The molecule has 102 valence electrons. The van der Waals surface area contributed by atoms with Crippen LogP contribution in [0, 0.1) is 5.92 Å². The highest BCUT2D eigenvalue weighted by Gasteiger charge is 2.12. The molecule has 0 aromatic carbocycles. The number of hydrogen-bond acceptors (Lipinski definition) is 3. The van der Waals surface area contributed by atoms with Crippen molar-refractivity contribution < 1.29 is 4.79 Å². The number of carbonyl (C=O) groups is 1. The molecule has 0 bridgehead atoms. The minimum absolute atomic E-state index is 0.225. The third kappa shape index (κ3) is 4.26. The summed E-state index contributed by atoms with van der Waals surface area (Å²) in [4.78, 5) is 11.8. The third-order valence-corrected chi connectivity index (χ3v) is 3.34. The zero-order valence-corrected chi connectivity index (χ0v) is 11.7. The van der Waals surface area contributed by atoms with Gasteiger partial charge in [0.25, 0.3) is 0 Å². The highest BCUT2D eigenvalue weighted by atomic mass is 16.1. The number of aromatic nitrogens is 2. The average Bonchev–Trinajstić information content (AvgIpc) is 2.78. The minimum Gasteiger partial charge on any atom is -0.330 e. The van der Waals surface area contributed by atoms with Crippen molar-refractivity contribution in [3.05, 3.63) is 18.0 Å². The molecule has 1 atom stereocenters. The van der Waals surface area contributed by atoms with Gasteiger partial charge in [-0.1, -0.05) is 20.8 Å². The molecular formula is C14H25N3O. The molecule has 4 nitrogen and oxygen atoms in total. The van der Waals surface area contributed by atoms with Crippen molar-refractivity contribution in [2.45, 2.75) is 52.5 Å². The molecule has 0 aliphatic heterocycles. The highest BCUT2D eigenvalue weighted by Crippen LogP contribution is 2.15. The Kier molecular flexibility index (Phi) is 6.05. The molecule has 1 aromatic rings. The predicted octanol–water partition coefficient (Wildman–Crippen LogP) is 2.34. The fourth-order valence-electron chi connectivity index (χ4n) is 2.08. The lowest BCUT2D eigenvalue weighted by molar-refractivity contribution is -0.119. The van der Waals surface area contributed by atoms with E-state index < -0.39 is 0 Å². The summed E-state index contributed by atoms with van der Waals surface area (Å²) in [5, 5.41) is 4.49. The van der Waals surface area contributed by atoms with Crippen molar-refractivity contribution in [1.82, 2.24) is 9.78 Å². The monoisotopic (exact) mass is 251 g/mol. The lowest BCUT2D eigenvalue weighted by atomic mass is 10.0. The van der Waals surface area contributed by atoms with Crippen LogP contribution >= 0.6 is 0 Å². The van der Waals surface area contributed by atoms with Crippen molar-refractivity contribution in [2.24, 2.45) is 11.7 Å². The van der Waals surface area contributed by atoms with Crippen molar-refractivity contribution in [2.75, 3.05) is 6.54 Å². The third-order valence-electron chi connectivity index (χ3n) is 3.34. The van der Waals surface area contributed by atoms with Crippen LogP contribution in [-0.4, -0.2) is 22.1 Å². The Balaban J connectivity index is 2.56. The zero-order chi connectivity index (χ0) is 13.5. The maximum atomic E-state index is 11.8. The minimum atomic E-state index is 0.225. The summed E-state index contributed by atoms with van der Waals surface area (Å²) in [6.07, 6.45) is 5.09. The summed E-state index contributed by atoms with van der Waals surface area (Å²) in [7, 11) is 0. The van der Waals surface area contributed by atoms with Crippen molar-refractivity contribution in [1.29, 1.82) is 0 Å². The van der Waals surface area contributed by atoms with Gasteiger partial charge in [0.2, 0.25) is 0 Å². The molecule has 0 saturated carbocycles. The fraction of sp³-hybridized carbons (Fsp3) is 0.714. The highest BCUT2D eigenvalue weighted by molar-refractivity contribution is 5.80. The van der Waals surface area contributed by atoms with Gasteiger partial charge in [0.05, 0.1) is 18.2 Å². The molecule has 4 heteroatoms. The van der Waals surface area contributed by atoms with E-state index in [1.807, 2.05) is 23.9 Å². The molecule has 1 rings (SSSR count). The topological polar surface area (TPSA) is 60.9 Å². The Bertz CT molecular complexity index is 369. The van der Waals surface area contributed by atoms with Crippen LogP contribution < -0.4 is 5.73 Å². The fourth-order valence-corrected chi connectivity index (χ4v) is 2.08. The number of nitrogens with zero attached hydrogens (tertiary/aromatic N) is 2. The van der Waals surface area contributed by atoms with E-state index in [9.17, 15) is 4.79 Å². The molecule has 1 heterocycles. The first-order chi connectivity index (χ1) is 8.60. The standard InChI is InChI=1S/C14H25N3O/c1-4-13(5-2)17-7-6-12(16-17)9-14(18)8-11(3)10-15/h6-7,11,13H,4-5,8-10,15H2,1-3H3. The maximum Gasteiger partial charge on any atom is 0.139 e. The van der Waals surface area contributed by atoms with Crippen molar-refractivity contribution in [3.8, 4) is 0 Å². The Labute approximate surface area is 110 Å². The van der Waals surface area contributed by atoms with Gasteiger partial charge in [0.1, 0.15) is 5.78 Å². The quantitative estimate of drug-likeness (QED) is 0.771. The van der Waals surface area contributed by atoms with Gasteiger partial charge in [-0.2, -0.15) is 5.10 Å². The van der Waals surface area contributed by atoms with Gasteiger partial charge >= 0.3 is 0 Å². The second kappa shape index (κ2) is 7.31. The van der Waals surface area contributed by atoms with E-state index in [4.69, 9.17) is 5.73 Å². The van der Waals surface area contributed by atoms with Crippen molar-refractivity contribution >= 4 is 5.78 Å². The molecule has 1 unspecified atom stereocenters. The summed E-state index contributed by atoms with van der Waals surface area (Å²) in [6.45, 7) is 6.88. The molecule has 0 aliphatic carbocycles. The Morgan fingerprint density at radius 3 is 2.67 bits per heavy atom. The largest absolute Gasteiger partial charge is 0.330 e. The molecule has 0 amide bonds. The average molecular weight is 251 g/mol. The van der Waals surface area contributed by atoms with Crippen LogP contribution in [0.5, 0.6) is 0 Å². The molecule has 0 saturated heterocycles. The summed E-state index contributed by atoms with van der Waals surface area (Å²) in [5.74, 6) is 0.487. The van der Waals surface area contributed by atoms with Crippen LogP contribution in [0.25, 0.3) is 0 Å². The molecule has 1 aromatic heterocycles. The van der Waals surface area contributed by atoms with Gasteiger partial charge in [-0.3, -0.25) is 9.48 Å². The van der Waals surface area contributed by atoms with E-state index in [0.29, 0.717) is 25.4 Å². The van der Waals surface area contributed by atoms with Crippen LogP contribution in [0.1, 0.15) is 51.8 Å². The van der Waals surface area contributed by atoms with Crippen LogP contribution in [0.2, 0.25) is 0 Å². The molecule has 0 fully saturated rings. The first-order valence-corrected chi connectivity index (χ1v) is 6.86. The number of ketones is 1. The smallest absolute Gasteiger partial charge is 0.139 e. The van der Waals surface area contributed by atoms with Crippen LogP contribution in [0.3, 0.4) is 0 Å². The van der Waals surface area contributed by atoms with Gasteiger partial charge < -0.3 is 5.73 Å². The second-order valence-electron chi connectivity index (χ2n) is 5.02. The molecule has 18 heavy (non-hydrogen) atoms. The number of carbonyl (C=O) groups excluding carboxylic acids is 1. The van der Waals surface area contributed by atoms with E-state index in [1.165, 1.54) is 0 Å². The summed E-state index contributed by atoms with van der Waals surface area (Å²) in [6, 6.07) is 2.39. The maximum absolute atomic E-state index is 11.8. The van der Waals surface area contributed by atoms with Gasteiger partial charge in [-0.05, 0) is 31.4 Å². The van der Waals surface area contributed by atoms with E-state index in [0.717, 1.165) is 18.5 Å². The molecule has 2 N–H and O–H groups in total. The van der Waals surface area contributed by atoms with Gasteiger partial charge in [0, 0.05) is 12.6 Å². The first kappa shape index (κ1) is 14.9. The number of Topliss-reactive ketones (excluding diaryl/α,β-unsaturated/α-hetero) is 1. The molecule has 0 spiro atoms. The number of nitrogens with two attached hydrogens (primary N) is 1.